The van der Waals surface area contributed by atoms with E-state index in [9.17, 15) is 4.79 Å². The van der Waals surface area contributed by atoms with Crippen molar-refractivity contribution in [2.24, 2.45) is 11.8 Å². The zero-order valence-electron chi connectivity index (χ0n) is 15.2. The number of rotatable bonds is 3. The zero-order valence-corrected chi connectivity index (χ0v) is 16.0. The summed E-state index contributed by atoms with van der Waals surface area (Å²) in [4.78, 5) is 22.6. The summed E-state index contributed by atoms with van der Waals surface area (Å²) in [7, 11) is 0. The molecule has 1 aliphatic carbocycles. The summed E-state index contributed by atoms with van der Waals surface area (Å²) in [6.45, 7) is 1.84. The molecule has 1 saturated carbocycles. The number of carbonyl (C=O) groups excluding carboxylic acids is 1. The van der Waals surface area contributed by atoms with Crippen molar-refractivity contribution in [1.82, 2.24) is 25.1 Å². The van der Waals surface area contributed by atoms with E-state index in [1.165, 1.54) is 43.9 Å². The Morgan fingerprint density at radius 1 is 1.15 bits per heavy atom. The van der Waals surface area contributed by atoms with Gasteiger partial charge < -0.3 is 9.88 Å². The fraction of sp³-hybridized carbons (Fsp3) is 0.500. The Morgan fingerprint density at radius 2 is 2.00 bits per heavy atom. The van der Waals surface area contributed by atoms with Crippen molar-refractivity contribution in [3.8, 4) is 0 Å². The number of likely N-dealkylation sites (tertiary alicyclic amines) is 1. The Labute approximate surface area is 162 Å². The van der Waals surface area contributed by atoms with Crippen molar-refractivity contribution in [3.05, 3.63) is 24.3 Å². The topological polar surface area (TPSA) is 74.8 Å². The minimum atomic E-state index is 0.198. The largest absolute Gasteiger partial charge is 0.342 e. The fourth-order valence-corrected chi connectivity index (χ4v) is 5.30. The van der Waals surface area contributed by atoms with Crippen LogP contribution in [0.15, 0.2) is 29.4 Å². The minimum Gasteiger partial charge on any atom is -0.342 e. The molecule has 0 radical (unpaired) electrons. The van der Waals surface area contributed by atoms with E-state index in [0.717, 1.165) is 41.1 Å². The average molecular weight is 382 g/mol. The van der Waals surface area contributed by atoms with Gasteiger partial charge in [-0.05, 0) is 30.7 Å². The van der Waals surface area contributed by atoms with Crippen molar-refractivity contribution in [1.29, 1.82) is 0 Å². The van der Waals surface area contributed by atoms with Crippen molar-refractivity contribution in [2.75, 3.05) is 18.8 Å². The van der Waals surface area contributed by atoms with Crippen LogP contribution in [0.2, 0.25) is 0 Å². The lowest BCUT2D eigenvalue weighted by Gasteiger charge is -2.41. The number of aromatic nitrogens is 4. The molecule has 0 unspecified atom stereocenters. The van der Waals surface area contributed by atoms with Crippen LogP contribution in [-0.4, -0.2) is 49.8 Å². The molecule has 27 heavy (non-hydrogen) atoms. The molecule has 140 valence electrons. The second-order valence-corrected chi connectivity index (χ2v) is 8.63. The molecule has 1 aromatic carbocycles. The Balaban J connectivity index is 1.25. The summed E-state index contributed by atoms with van der Waals surface area (Å²) < 4.78 is 0. The van der Waals surface area contributed by atoms with Gasteiger partial charge in [0.05, 0.1) is 5.75 Å². The highest BCUT2D eigenvalue weighted by atomic mass is 32.2. The standard InChI is InChI=1S/C20H23N5OS/c26-17(25-10-9-13-5-1-2-6-14(13)11-25)12-27-20-22-19-18(23-24-20)15-7-3-4-8-16(15)21-19/h3-4,7-8,13-14H,1-2,5-6,9-12H2,(H,21,22,24)/t13-,14-/m1/s1. The van der Waals surface area contributed by atoms with Crippen LogP contribution >= 0.6 is 11.8 Å². The third-order valence-corrected chi connectivity index (χ3v) is 6.89. The molecule has 0 spiro atoms. The predicted molar refractivity (Wildman–Crippen MR) is 107 cm³/mol. The third-order valence-electron chi connectivity index (χ3n) is 6.07. The highest BCUT2D eigenvalue weighted by molar-refractivity contribution is 7.99. The van der Waals surface area contributed by atoms with Crippen LogP contribution in [0.1, 0.15) is 32.1 Å². The minimum absolute atomic E-state index is 0.198. The van der Waals surface area contributed by atoms with E-state index in [1.807, 2.05) is 29.2 Å². The first-order chi connectivity index (χ1) is 13.3. The third kappa shape index (κ3) is 3.29. The first-order valence-electron chi connectivity index (χ1n) is 9.79. The summed E-state index contributed by atoms with van der Waals surface area (Å²) in [6.07, 6.45) is 6.49. The molecule has 2 aromatic heterocycles. The molecule has 1 saturated heterocycles. The van der Waals surface area contributed by atoms with Gasteiger partial charge in [-0.15, -0.1) is 10.2 Å². The lowest BCUT2D eigenvalue weighted by atomic mass is 9.75. The molecule has 0 bridgehead atoms. The van der Waals surface area contributed by atoms with Crippen molar-refractivity contribution >= 4 is 39.7 Å². The number of aromatic amines is 1. The molecule has 2 aliphatic rings. The number of H-pyrrole nitrogens is 1. The van der Waals surface area contributed by atoms with Crippen LogP contribution in [-0.2, 0) is 4.79 Å². The number of nitrogens with zero attached hydrogens (tertiary/aromatic N) is 4. The van der Waals surface area contributed by atoms with Gasteiger partial charge in [-0.2, -0.15) is 0 Å². The van der Waals surface area contributed by atoms with Crippen LogP contribution in [0.4, 0.5) is 0 Å². The maximum Gasteiger partial charge on any atom is 0.233 e. The van der Waals surface area contributed by atoms with E-state index < -0.39 is 0 Å². The molecule has 7 heteroatoms. The van der Waals surface area contributed by atoms with Crippen LogP contribution in [0.25, 0.3) is 22.1 Å². The van der Waals surface area contributed by atoms with Crippen molar-refractivity contribution < 1.29 is 4.79 Å². The lowest BCUT2D eigenvalue weighted by Crippen LogP contribution is -2.45. The molecule has 5 rings (SSSR count). The lowest BCUT2D eigenvalue weighted by molar-refractivity contribution is -0.131. The molecular formula is C20H23N5OS. The molecule has 2 atom stereocenters. The SMILES string of the molecule is O=C(CSc1nnc2c(n1)[nH]c1ccccc12)N1CC[C@H]2CCCC[C@@H]2C1. The van der Waals surface area contributed by atoms with Crippen LogP contribution < -0.4 is 0 Å². The van der Waals surface area contributed by atoms with Crippen LogP contribution in [0, 0.1) is 11.8 Å². The Bertz CT molecular complexity index is 987. The van der Waals surface area contributed by atoms with E-state index in [1.54, 1.807) is 0 Å². The number of carbonyl (C=O) groups is 1. The van der Waals surface area contributed by atoms with E-state index >= 15 is 0 Å². The summed E-state index contributed by atoms with van der Waals surface area (Å²) in [6, 6.07) is 7.97. The predicted octanol–water partition coefficient (Wildman–Crippen LogP) is 3.64. The smallest absolute Gasteiger partial charge is 0.233 e. The second kappa shape index (κ2) is 7.11. The van der Waals surface area contributed by atoms with Gasteiger partial charge in [0, 0.05) is 24.0 Å². The van der Waals surface area contributed by atoms with Gasteiger partial charge in [0.2, 0.25) is 11.1 Å². The summed E-state index contributed by atoms with van der Waals surface area (Å²) in [5.74, 6) is 2.13. The first-order valence-corrected chi connectivity index (χ1v) is 10.8. The summed E-state index contributed by atoms with van der Waals surface area (Å²) in [5.41, 5.74) is 2.51. The molecule has 1 aliphatic heterocycles. The highest BCUT2D eigenvalue weighted by Gasteiger charge is 2.32. The maximum atomic E-state index is 12.7. The van der Waals surface area contributed by atoms with Gasteiger partial charge >= 0.3 is 0 Å². The fourth-order valence-electron chi connectivity index (χ4n) is 4.61. The normalized spacial score (nSPS) is 22.9. The van der Waals surface area contributed by atoms with Crippen LogP contribution in [0.3, 0.4) is 0 Å². The summed E-state index contributed by atoms with van der Waals surface area (Å²) in [5, 5.41) is 10.1. The van der Waals surface area contributed by atoms with Gasteiger partial charge in [0.15, 0.2) is 5.65 Å². The van der Waals surface area contributed by atoms with Gasteiger partial charge in [-0.1, -0.05) is 49.2 Å². The van der Waals surface area contributed by atoms with Gasteiger partial charge in [0.25, 0.3) is 0 Å². The second-order valence-electron chi connectivity index (χ2n) is 7.68. The first kappa shape index (κ1) is 17.0. The van der Waals surface area contributed by atoms with E-state index in [2.05, 4.69) is 20.2 Å². The number of para-hydroxylation sites is 1. The molecular weight excluding hydrogens is 358 g/mol. The number of thioether (sulfide) groups is 1. The maximum absolute atomic E-state index is 12.7. The highest BCUT2D eigenvalue weighted by Crippen LogP contribution is 2.36. The quantitative estimate of drug-likeness (QED) is 0.701. The zero-order chi connectivity index (χ0) is 18.2. The molecule has 3 heterocycles. The number of nitrogens with one attached hydrogen (secondary N) is 1. The number of hydrogen-bond acceptors (Lipinski definition) is 5. The molecule has 1 amide bonds. The molecule has 1 N–H and O–H groups in total. The molecule has 3 aromatic rings. The molecule has 2 fully saturated rings. The van der Waals surface area contributed by atoms with Crippen molar-refractivity contribution in [2.45, 2.75) is 37.3 Å². The Hall–Kier alpha value is -2.15. The number of amides is 1. The Kier molecular flexibility index (Phi) is 4.47. The molecule has 6 nitrogen and oxygen atoms in total. The summed E-state index contributed by atoms with van der Waals surface area (Å²) >= 11 is 1.38. The van der Waals surface area contributed by atoms with Crippen LogP contribution in [0.5, 0.6) is 0 Å². The van der Waals surface area contributed by atoms with Crippen molar-refractivity contribution in [3.63, 3.8) is 0 Å². The van der Waals surface area contributed by atoms with E-state index in [0.29, 0.717) is 16.8 Å². The van der Waals surface area contributed by atoms with Gasteiger partial charge in [-0.25, -0.2) is 4.98 Å². The number of fused-ring (bicyclic) bond motifs is 4. The number of benzene rings is 1. The van der Waals surface area contributed by atoms with Gasteiger partial charge in [0.1, 0.15) is 5.52 Å². The number of hydrogen-bond donors (Lipinski definition) is 1. The monoisotopic (exact) mass is 381 g/mol. The van der Waals surface area contributed by atoms with Gasteiger partial charge in [-0.3, -0.25) is 4.79 Å². The Morgan fingerprint density at radius 3 is 2.93 bits per heavy atom. The van der Waals surface area contributed by atoms with E-state index in [-0.39, 0.29) is 5.91 Å². The number of piperidine rings is 1. The van der Waals surface area contributed by atoms with E-state index in [4.69, 9.17) is 0 Å². The average Bonchev–Trinajstić information content (AvgIpc) is 3.09.